The normalized spacial score (nSPS) is 10.2. The van der Waals surface area contributed by atoms with Crippen LogP contribution in [0.1, 0.15) is 19.0 Å². The lowest BCUT2D eigenvalue weighted by molar-refractivity contribution is 0.182. The van der Waals surface area contributed by atoms with Crippen molar-refractivity contribution in [3.63, 3.8) is 0 Å². The third-order valence-electron chi connectivity index (χ3n) is 1.37. The van der Waals surface area contributed by atoms with Crippen molar-refractivity contribution in [3.8, 4) is 0 Å². The molecule has 5 heteroatoms. The number of ether oxygens (including phenoxy) is 1. The lowest BCUT2D eigenvalue weighted by Crippen LogP contribution is -2.01. The van der Waals surface area contributed by atoms with Crippen molar-refractivity contribution in [2.24, 2.45) is 0 Å². The predicted molar refractivity (Wildman–Crippen MR) is 49.4 cm³/mol. The maximum Gasteiger partial charge on any atom is 0.135 e. The summed E-state index contributed by atoms with van der Waals surface area (Å²) in [5, 5.41) is 8.21. The van der Waals surface area contributed by atoms with Gasteiger partial charge in [0.05, 0.1) is 6.61 Å². The van der Waals surface area contributed by atoms with Crippen molar-refractivity contribution in [2.75, 3.05) is 19.0 Å². The highest BCUT2D eigenvalue weighted by molar-refractivity contribution is 7.10. The van der Waals surface area contributed by atoms with Gasteiger partial charge in [0.2, 0.25) is 0 Å². The van der Waals surface area contributed by atoms with Gasteiger partial charge in [0.1, 0.15) is 10.7 Å². The Morgan fingerprint density at radius 2 is 2.42 bits per heavy atom. The number of hydrogen-bond acceptors (Lipinski definition) is 5. The molecule has 0 aliphatic heterocycles. The molecule has 0 amide bonds. The predicted octanol–water partition coefficient (Wildman–Crippen LogP) is 1.51. The average Bonchev–Trinajstić information content (AvgIpc) is 2.50. The van der Waals surface area contributed by atoms with E-state index in [0.29, 0.717) is 6.61 Å². The van der Waals surface area contributed by atoms with Gasteiger partial charge in [0.15, 0.2) is 0 Å². The van der Waals surface area contributed by atoms with E-state index in [1.807, 2.05) is 0 Å². The molecule has 0 fully saturated rings. The summed E-state index contributed by atoms with van der Waals surface area (Å²) < 4.78 is 8.81. The van der Waals surface area contributed by atoms with Crippen LogP contribution >= 0.6 is 11.5 Å². The zero-order valence-corrected chi connectivity index (χ0v) is 8.15. The fourth-order valence-corrected chi connectivity index (χ4v) is 1.41. The number of nitrogens with one attached hydrogen (secondary N) is 1. The zero-order valence-electron chi connectivity index (χ0n) is 7.33. The molecule has 0 radical (unpaired) electrons. The summed E-state index contributed by atoms with van der Waals surface area (Å²) in [4.78, 5) is 0. The van der Waals surface area contributed by atoms with Crippen LogP contribution in [0.3, 0.4) is 0 Å². The van der Waals surface area contributed by atoms with Crippen molar-refractivity contribution in [3.05, 3.63) is 5.69 Å². The van der Waals surface area contributed by atoms with Crippen molar-refractivity contribution >= 4 is 16.5 Å². The fraction of sp³-hybridized carbons (Fsp3) is 0.714. The molecule has 0 aromatic carbocycles. The average molecular weight is 187 g/mol. The van der Waals surface area contributed by atoms with Crippen LogP contribution < -0.4 is 5.32 Å². The largest absolute Gasteiger partial charge is 0.378 e. The van der Waals surface area contributed by atoms with Gasteiger partial charge in [-0.05, 0) is 6.42 Å². The van der Waals surface area contributed by atoms with Crippen LogP contribution in [0.2, 0.25) is 0 Å². The van der Waals surface area contributed by atoms with Gasteiger partial charge in [0.25, 0.3) is 0 Å². The first-order chi connectivity index (χ1) is 5.88. The van der Waals surface area contributed by atoms with Gasteiger partial charge in [-0.3, -0.25) is 0 Å². The smallest absolute Gasteiger partial charge is 0.135 e. The summed E-state index contributed by atoms with van der Waals surface area (Å²) in [6.07, 6.45) is 1.10. The molecule has 12 heavy (non-hydrogen) atoms. The lowest BCUT2D eigenvalue weighted by atomic mass is 10.4. The molecule has 1 heterocycles. The number of methoxy groups -OCH3 is 1. The van der Waals surface area contributed by atoms with Gasteiger partial charge in [0, 0.05) is 25.2 Å². The molecular weight excluding hydrogens is 174 g/mol. The molecule has 0 atom stereocenters. The Labute approximate surface area is 76.1 Å². The van der Waals surface area contributed by atoms with E-state index in [-0.39, 0.29) is 0 Å². The van der Waals surface area contributed by atoms with E-state index < -0.39 is 0 Å². The van der Waals surface area contributed by atoms with E-state index in [9.17, 15) is 0 Å². The van der Waals surface area contributed by atoms with Gasteiger partial charge in [-0.15, -0.1) is 5.10 Å². The number of nitrogens with zero attached hydrogens (tertiary/aromatic N) is 2. The highest BCUT2D eigenvalue weighted by Gasteiger charge is 2.05. The number of rotatable bonds is 5. The second-order valence-electron chi connectivity index (χ2n) is 2.41. The summed E-state index contributed by atoms with van der Waals surface area (Å²) >= 11 is 1.38. The fourth-order valence-electron chi connectivity index (χ4n) is 0.813. The second kappa shape index (κ2) is 5.05. The molecule has 1 rings (SSSR count). The molecule has 0 aliphatic carbocycles. The number of anilines is 1. The van der Waals surface area contributed by atoms with Crippen LogP contribution in [0.5, 0.6) is 0 Å². The third-order valence-corrected chi connectivity index (χ3v) is 2.10. The first-order valence-corrected chi connectivity index (χ1v) is 4.69. The molecule has 0 unspecified atom stereocenters. The van der Waals surface area contributed by atoms with Crippen molar-refractivity contribution < 1.29 is 4.74 Å². The molecule has 68 valence electrons. The Bertz CT molecular complexity index is 226. The van der Waals surface area contributed by atoms with Crippen molar-refractivity contribution in [2.45, 2.75) is 20.0 Å². The molecule has 1 aromatic rings. The van der Waals surface area contributed by atoms with Crippen molar-refractivity contribution in [1.29, 1.82) is 0 Å². The third kappa shape index (κ3) is 2.42. The maximum atomic E-state index is 4.97. The molecule has 0 saturated carbocycles. The van der Waals surface area contributed by atoms with Gasteiger partial charge < -0.3 is 10.1 Å². The van der Waals surface area contributed by atoms with E-state index in [4.69, 9.17) is 4.74 Å². The summed E-state index contributed by atoms with van der Waals surface area (Å²) in [5.41, 5.74) is 0.899. The Morgan fingerprint density at radius 1 is 1.58 bits per heavy atom. The number of aromatic nitrogens is 2. The summed E-state index contributed by atoms with van der Waals surface area (Å²) in [6.45, 7) is 3.61. The zero-order chi connectivity index (χ0) is 8.81. The standard InChI is InChI=1S/C7H13N3OS/c1-3-4-8-7-6(5-11-2)9-10-12-7/h8H,3-5H2,1-2H3. The van der Waals surface area contributed by atoms with E-state index in [1.54, 1.807) is 7.11 Å². The Kier molecular flexibility index (Phi) is 3.96. The van der Waals surface area contributed by atoms with Crippen LogP contribution in [0, 0.1) is 0 Å². The molecule has 0 spiro atoms. The molecule has 1 N–H and O–H groups in total. The minimum atomic E-state index is 0.530. The van der Waals surface area contributed by atoms with Gasteiger partial charge >= 0.3 is 0 Å². The molecule has 0 saturated heterocycles. The molecule has 1 aromatic heterocycles. The quantitative estimate of drug-likeness (QED) is 0.759. The lowest BCUT2D eigenvalue weighted by Gasteiger charge is -2.01. The highest BCUT2D eigenvalue weighted by Crippen LogP contribution is 2.17. The first-order valence-electron chi connectivity index (χ1n) is 3.92. The second-order valence-corrected chi connectivity index (χ2v) is 3.16. The molecule has 4 nitrogen and oxygen atoms in total. The SMILES string of the molecule is CCCNc1snnc1COC. The monoisotopic (exact) mass is 187 g/mol. The van der Waals surface area contributed by atoms with Crippen molar-refractivity contribution in [1.82, 2.24) is 9.59 Å². The van der Waals surface area contributed by atoms with Gasteiger partial charge in [-0.2, -0.15) is 0 Å². The minimum Gasteiger partial charge on any atom is -0.378 e. The Balaban J connectivity index is 2.51. The maximum absolute atomic E-state index is 4.97. The van der Waals surface area contributed by atoms with Crippen LogP contribution in [0.4, 0.5) is 5.00 Å². The molecule has 0 aliphatic rings. The minimum absolute atomic E-state index is 0.530. The Morgan fingerprint density at radius 3 is 3.08 bits per heavy atom. The summed E-state index contributed by atoms with van der Waals surface area (Å²) in [7, 11) is 1.66. The van der Waals surface area contributed by atoms with Crippen LogP contribution in [0.25, 0.3) is 0 Å². The van der Waals surface area contributed by atoms with E-state index >= 15 is 0 Å². The molecular formula is C7H13N3OS. The van der Waals surface area contributed by atoms with E-state index in [2.05, 4.69) is 21.8 Å². The first kappa shape index (κ1) is 9.41. The number of hydrogen-bond donors (Lipinski definition) is 1. The van der Waals surface area contributed by atoms with E-state index in [1.165, 1.54) is 11.5 Å². The molecule has 0 bridgehead atoms. The summed E-state index contributed by atoms with van der Waals surface area (Å²) in [6, 6.07) is 0. The van der Waals surface area contributed by atoms with Crippen LogP contribution in [-0.4, -0.2) is 23.2 Å². The summed E-state index contributed by atoms with van der Waals surface area (Å²) in [5.74, 6) is 0. The van der Waals surface area contributed by atoms with Crippen LogP contribution in [0.15, 0.2) is 0 Å². The van der Waals surface area contributed by atoms with E-state index in [0.717, 1.165) is 23.7 Å². The Hall–Kier alpha value is -0.680. The van der Waals surface area contributed by atoms with Gasteiger partial charge in [-0.25, -0.2) is 0 Å². The van der Waals surface area contributed by atoms with Gasteiger partial charge in [-0.1, -0.05) is 11.4 Å². The highest BCUT2D eigenvalue weighted by atomic mass is 32.1. The van der Waals surface area contributed by atoms with Crippen LogP contribution in [-0.2, 0) is 11.3 Å². The topological polar surface area (TPSA) is 47.0 Å².